The largest absolute Gasteiger partial charge is 0.444 e. The molecular weight excluding hydrogens is 233 g/mol. The predicted octanol–water partition coefficient (Wildman–Crippen LogP) is 1.50. The molecule has 0 aromatic rings. The minimum Gasteiger partial charge on any atom is -0.444 e. The molecule has 0 aliphatic carbocycles. The van der Waals surface area contributed by atoms with Crippen molar-refractivity contribution < 1.29 is 9.53 Å². The van der Waals surface area contributed by atoms with Crippen molar-refractivity contribution in [1.82, 2.24) is 0 Å². The summed E-state index contributed by atoms with van der Waals surface area (Å²) in [5.74, 6) is 0. The van der Waals surface area contributed by atoms with Gasteiger partial charge in [-0.3, -0.25) is 0 Å². The molecule has 2 N–H and O–H groups in total. The van der Waals surface area contributed by atoms with Crippen molar-refractivity contribution in [2.45, 2.75) is 26.4 Å². The molecule has 0 heterocycles. The van der Waals surface area contributed by atoms with Crippen molar-refractivity contribution in [1.29, 1.82) is 0 Å². The average molecular weight is 245 g/mol. The third kappa shape index (κ3) is 11.5. The van der Waals surface area contributed by atoms with E-state index in [1.165, 1.54) is 0 Å². The number of halogens is 1. The van der Waals surface area contributed by atoms with E-state index in [-0.39, 0.29) is 24.0 Å². The number of carbonyl (C=O) groups is 1. The van der Waals surface area contributed by atoms with E-state index in [0.29, 0.717) is 0 Å². The molecule has 4 heteroatoms. The molecule has 3 nitrogen and oxygen atoms in total. The van der Waals surface area contributed by atoms with Crippen LogP contribution in [-0.2, 0) is 4.74 Å². The van der Waals surface area contributed by atoms with Gasteiger partial charge >= 0.3 is 6.09 Å². The van der Waals surface area contributed by atoms with Crippen LogP contribution in [0.3, 0.4) is 0 Å². The summed E-state index contributed by atoms with van der Waals surface area (Å²) in [5.41, 5.74) is 4.26. The minimum atomic E-state index is -0.725. The quantitative estimate of drug-likeness (QED) is 0.657. The van der Waals surface area contributed by atoms with Crippen LogP contribution < -0.4 is 5.73 Å². The molecule has 0 atom stereocenters. The Bertz CT molecular complexity index is 97.6. The van der Waals surface area contributed by atoms with Crippen molar-refractivity contribution in [3.63, 3.8) is 0 Å². The molecule has 0 unspecified atom stereocenters. The number of nitrogens with two attached hydrogens (primary N) is 1. The summed E-state index contributed by atoms with van der Waals surface area (Å²) in [6.07, 6.45) is -0.725. The molecule has 0 aliphatic rings. The fourth-order valence-corrected chi connectivity index (χ4v) is 0.302. The Morgan fingerprint density at radius 2 is 1.78 bits per heavy atom. The summed E-state index contributed by atoms with van der Waals surface area (Å²) in [6, 6.07) is 0. The number of rotatable bonds is 0. The summed E-state index contributed by atoms with van der Waals surface area (Å²) in [4.78, 5) is 10.0. The smallest absolute Gasteiger partial charge is 0.405 e. The van der Waals surface area contributed by atoms with Gasteiger partial charge in [0.25, 0.3) is 0 Å². The Kier molecular flexibility index (Phi) is 5.12. The molecule has 0 aliphatic heterocycles. The maximum absolute atomic E-state index is 10.0. The molecule has 0 rings (SSSR count). The summed E-state index contributed by atoms with van der Waals surface area (Å²) >= 11 is 0. The van der Waals surface area contributed by atoms with E-state index >= 15 is 0 Å². The van der Waals surface area contributed by atoms with Gasteiger partial charge < -0.3 is 10.5 Å². The van der Waals surface area contributed by atoms with Gasteiger partial charge in [0.1, 0.15) is 5.60 Å². The lowest BCUT2D eigenvalue weighted by Crippen LogP contribution is -2.27. The molecule has 0 saturated heterocycles. The maximum atomic E-state index is 10.0. The van der Waals surface area contributed by atoms with Gasteiger partial charge in [-0.1, -0.05) is 0 Å². The third-order valence-corrected chi connectivity index (χ3v) is 0.407. The van der Waals surface area contributed by atoms with Gasteiger partial charge in [0.2, 0.25) is 0 Å². The van der Waals surface area contributed by atoms with Gasteiger partial charge in [0.05, 0.1) is 0 Å². The lowest BCUT2D eigenvalue weighted by Gasteiger charge is -2.16. The van der Waals surface area contributed by atoms with Gasteiger partial charge in [-0.2, -0.15) is 0 Å². The van der Waals surface area contributed by atoms with Crippen LogP contribution in [0.15, 0.2) is 0 Å². The van der Waals surface area contributed by atoms with Crippen LogP contribution in [0.4, 0.5) is 4.79 Å². The second-order valence-electron chi connectivity index (χ2n) is 2.53. The van der Waals surface area contributed by atoms with Crippen molar-refractivity contribution in [2.24, 2.45) is 5.73 Å². The molecule has 0 radical (unpaired) electrons. The molecule has 56 valence electrons. The minimum absolute atomic E-state index is 0. The highest BCUT2D eigenvalue weighted by molar-refractivity contribution is 14.0. The van der Waals surface area contributed by atoms with Crippen LogP contribution >= 0.6 is 24.0 Å². The topological polar surface area (TPSA) is 52.3 Å². The van der Waals surface area contributed by atoms with Crippen LogP contribution in [-0.4, -0.2) is 11.7 Å². The number of ether oxygens (including phenoxy) is 1. The first-order valence-corrected chi connectivity index (χ1v) is 2.40. The monoisotopic (exact) mass is 245 g/mol. The highest BCUT2D eigenvalue weighted by Gasteiger charge is 2.12. The summed E-state index contributed by atoms with van der Waals surface area (Å²) < 4.78 is 4.58. The Morgan fingerprint density at radius 3 is 1.78 bits per heavy atom. The zero-order chi connectivity index (χ0) is 6.78. The Morgan fingerprint density at radius 1 is 1.44 bits per heavy atom. The van der Waals surface area contributed by atoms with Crippen LogP contribution in [0.25, 0.3) is 0 Å². The van der Waals surface area contributed by atoms with E-state index in [2.05, 4.69) is 4.74 Å². The highest BCUT2D eigenvalue weighted by atomic mass is 127. The third-order valence-electron chi connectivity index (χ3n) is 0.407. The second kappa shape index (κ2) is 3.92. The van der Waals surface area contributed by atoms with Crippen LogP contribution in [0.1, 0.15) is 20.8 Å². The summed E-state index contributed by atoms with van der Waals surface area (Å²) in [6.45, 7) is 5.28. The van der Waals surface area contributed by atoms with E-state index in [0.717, 1.165) is 0 Å². The second-order valence-corrected chi connectivity index (χ2v) is 2.53. The molecule has 0 aromatic carbocycles. The lowest BCUT2D eigenvalue weighted by molar-refractivity contribution is 0.0600. The molecule has 1 amide bonds. The highest BCUT2D eigenvalue weighted by Crippen LogP contribution is 2.04. The van der Waals surface area contributed by atoms with Crippen LogP contribution in [0.2, 0.25) is 0 Å². The van der Waals surface area contributed by atoms with Gasteiger partial charge in [0.15, 0.2) is 0 Å². The number of primary amides is 1. The zero-order valence-electron chi connectivity index (χ0n) is 5.80. The number of amides is 1. The fraction of sp³-hybridized carbons (Fsp3) is 0.800. The molecule has 0 saturated carbocycles. The molecule has 0 spiro atoms. The SMILES string of the molecule is CC(C)(C)OC(N)=O.I. The van der Waals surface area contributed by atoms with E-state index in [9.17, 15) is 4.79 Å². The van der Waals surface area contributed by atoms with Crippen molar-refractivity contribution in [2.75, 3.05) is 0 Å². The maximum Gasteiger partial charge on any atom is 0.405 e. The molecule has 0 fully saturated rings. The Hall–Kier alpha value is 0. The zero-order valence-corrected chi connectivity index (χ0v) is 8.13. The summed E-state index contributed by atoms with van der Waals surface area (Å²) in [5, 5.41) is 0. The van der Waals surface area contributed by atoms with Gasteiger partial charge in [0, 0.05) is 0 Å². The van der Waals surface area contributed by atoms with Gasteiger partial charge in [-0.25, -0.2) is 4.79 Å². The fourth-order valence-electron chi connectivity index (χ4n) is 0.302. The average Bonchev–Trinajstić information content (AvgIpc) is 1.21. The number of hydrogen-bond donors (Lipinski definition) is 1. The summed E-state index contributed by atoms with van der Waals surface area (Å²) in [7, 11) is 0. The van der Waals surface area contributed by atoms with Gasteiger partial charge in [-0.05, 0) is 20.8 Å². The first kappa shape index (κ1) is 11.8. The van der Waals surface area contributed by atoms with Crippen LogP contribution in [0, 0.1) is 0 Å². The number of hydrogen-bond acceptors (Lipinski definition) is 2. The van der Waals surface area contributed by atoms with Crippen molar-refractivity contribution >= 4 is 30.1 Å². The van der Waals surface area contributed by atoms with E-state index in [1.54, 1.807) is 20.8 Å². The van der Waals surface area contributed by atoms with E-state index in [4.69, 9.17) is 5.73 Å². The van der Waals surface area contributed by atoms with E-state index < -0.39 is 11.7 Å². The van der Waals surface area contributed by atoms with Gasteiger partial charge in [-0.15, -0.1) is 24.0 Å². The van der Waals surface area contributed by atoms with Crippen LogP contribution in [0.5, 0.6) is 0 Å². The first-order chi connectivity index (χ1) is 3.42. The number of carbonyl (C=O) groups excluding carboxylic acids is 1. The molecular formula is C5H12INO2. The van der Waals surface area contributed by atoms with E-state index in [1.807, 2.05) is 0 Å². The molecule has 0 bridgehead atoms. The Balaban J connectivity index is 0. The standard InChI is InChI=1S/C5H11NO2.HI/c1-5(2,3)8-4(6)7;/h1-3H3,(H2,6,7);1H. The first-order valence-electron chi connectivity index (χ1n) is 2.40. The molecule has 9 heavy (non-hydrogen) atoms. The Labute approximate surface area is 72.0 Å². The lowest BCUT2D eigenvalue weighted by atomic mass is 10.2. The van der Waals surface area contributed by atoms with Crippen molar-refractivity contribution in [3.05, 3.63) is 0 Å². The van der Waals surface area contributed by atoms with Crippen molar-refractivity contribution in [3.8, 4) is 0 Å². The molecule has 0 aromatic heterocycles. The normalized spacial score (nSPS) is 9.67. The predicted molar refractivity (Wildman–Crippen MR) is 45.8 cm³/mol.